The number of hydrogen-bond donors (Lipinski definition) is 3. The number of ether oxygens (including phenoxy) is 2. The zero-order chi connectivity index (χ0) is 25.3. The summed E-state index contributed by atoms with van der Waals surface area (Å²) >= 11 is 0. The van der Waals surface area contributed by atoms with Crippen LogP contribution in [0.5, 0.6) is 11.5 Å². The van der Waals surface area contributed by atoms with E-state index in [4.69, 9.17) is 9.47 Å². The van der Waals surface area contributed by atoms with Gasteiger partial charge in [-0.25, -0.2) is 14.8 Å². The molecule has 1 aromatic heterocycles. The number of carbonyl (C=O) groups is 3. The second-order valence-electron chi connectivity index (χ2n) is 9.28. The molecule has 11 nitrogen and oxygen atoms in total. The van der Waals surface area contributed by atoms with Crippen LogP contribution in [0.1, 0.15) is 52.4 Å². The van der Waals surface area contributed by atoms with Crippen molar-refractivity contribution in [2.45, 2.75) is 44.1 Å². The quantitative estimate of drug-likeness (QED) is 0.402. The molecule has 3 N–H and O–H groups in total. The van der Waals surface area contributed by atoms with Crippen LogP contribution in [-0.2, 0) is 22.4 Å². The van der Waals surface area contributed by atoms with Gasteiger partial charge in [0.1, 0.15) is 17.6 Å². The number of carbonyl (C=O) groups excluding carboxylic acids is 3. The van der Waals surface area contributed by atoms with E-state index in [2.05, 4.69) is 15.5 Å². The number of hydrazine groups is 1. The van der Waals surface area contributed by atoms with Crippen molar-refractivity contribution in [1.29, 1.82) is 0 Å². The number of nitrogens with zero attached hydrogens (tertiary/aromatic N) is 3. The molecular weight excluding hydrogens is 454 g/mol. The molecular formula is C24H31N5O6. The van der Waals surface area contributed by atoms with Crippen LogP contribution in [0, 0.1) is 5.92 Å². The molecule has 1 heterocycles. The smallest absolute Gasteiger partial charge is 0.424 e. The van der Waals surface area contributed by atoms with Gasteiger partial charge >= 0.3 is 6.09 Å². The van der Waals surface area contributed by atoms with E-state index in [1.807, 2.05) is 6.07 Å². The molecule has 1 aromatic carbocycles. The number of phenols is 1. The molecule has 0 aliphatic heterocycles. The SMILES string of the molecule is COc1cc(O)c(C=O)c2c1CC(C(=O)Nc1cc([C@H]3CC[C@@H](OC(=O)N(C)N(C)C)C3)[nH]n1)C2. The van der Waals surface area contributed by atoms with Crippen LogP contribution in [0.4, 0.5) is 10.6 Å². The second kappa shape index (κ2) is 9.95. The number of rotatable bonds is 7. The highest BCUT2D eigenvalue weighted by atomic mass is 16.6. The molecule has 0 saturated heterocycles. The number of phenolic OH excluding ortho intramolecular Hbond substituents is 1. The van der Waals surface area contributed by atoms with E-state index in [1.165, 1.54) is 18.2 Å². The number of hydrogen-bond acceptors (Lipinski definition) is 8. The lowest BCUT2D eigenvalue weighted by Gasteiger charge is -2.25. The van der Waals surface area contributed by atoms with Crippen molar-refractivity contribution in [1.82, 2.24) is 20.2 Å². The normalized spacial score (nSPS) is 21.0. The Morgan fingerprint density at radius 2 is 1.94 bits per heavy atom. The minimum atomic E-state index is -0.413. The van der Waals surface area contributed by atoms with E-state index in [0.717, 1.165) is 24.1 Å². The summed E-state index contributed by atoms with van der Waals surface area (Å²) < 4.78 is 10.9. The highest BCUT2D eigenvalue weighted by Crippen LogP contribution is 2.40. The molecule has 1 unspecified atom stereocenters. The molecule has 188 valence electrons. The van der Waals surface area contributed by atoms with Crippen LogP contribution < -0.4 is 10.1 Å². The number of fused-ring (bicyclic) bond motifs is 1. The van der Waals surface area contributed by atoms with Crippen LogP contribution in [0.15, 0.2) is 12.1 Å². The number of H-pyrrole nitrogens is 1. The number of aromatic hydroxyl groups is 1. The van der Waals surface area contributed by atoms with Crippen LogP contribution in [-0.4, -0.2) is 78.0 Å². The van der Waals surface area contributed by atoms with Gasteiger partial charge in [-0.05, 0) is 43.2 Å². The Morgan fingerprint density at radius 1 is 1.20 bits per heavy atom. The number of methoxy groups -OCH3 is 1. The molecule has 35 heavy (non-hydrogen) atoms. The van der Waals surface area contributed by atoms with Crippen molar-refractivity contribution in [2.75, 3.05) is 33.6 Å². The maximum absolute atomic E-state index is 13.0. The maximum Gasteiger partial charge on any atom is 0.424 e. The summed E-state index contributed by atoms with van der Waals surface area (Å²) in [6, 6.07) is 3.22. The third kappa shape index (κ3) is 4.95. The first kappa shape index (κ1) is 24.5. The molecule has 11 heteroatoms. The zero-order valence-electron chi connectivity index (χ0n) is 20.3. The summed E-state index contributed by atoms with van der Waals surface area (Å²) in [5, 5.41) is 23.3. The fraction of sp³-hybridized carbons (Fsp3) is 0.500. The van der Waals surface area contributed by atoms with Crippen LogP contribution >= 0.6 is 0 Å². The topological polar surface area (TPSA) is 137 Å². The van der Waals surface area contributed by atoms with E-state index in [0.29, 0.717) is 42.7 Å². The number of amides is 2. The molecule has 0 bridgehead atoms. The maximum atomic E-state index is 13.0. The predicted molar refractivity (Wildman–Crippen MR) is 126 cm³/mol. The van der Waals surface area contributed by atoms with E-state index in [-0.39, 0.29) is 29.2 Å². The molecule has 0 spiro atoms. The van der Waals surface area contributed by atoms with Gasteiger partial charge in [0, 0.05) is 50.8 Å². The molecule has 0 radical (unpaired) electrons. The van der Waals surface area contributed by atoms with Crippen molar-refractivity contribution >= 4 is 24.1 Å². The average Bonchev–Trinajstić information content (AvgIpc) is 3.57. The van der Waals surface area contributed by atoms with Crippen molar-refractivity contribution in [3.63, 3.8) is 0 Å². The third-order valence-corrected chi connectivity index (χ3v) is 6.95. The van der Waals surface area contributed by atoms with E-state index in [9.17, 15) is 19.5 Å². The number of nitrogens with one attached hydrogen (secondary N) is 2. The Kier molecular flexibility index (Phi) is 6.97. The Morgan fingerprint density at radius 3 is 2.63 bits per heavy atom. The fourth-order valence-corrected chi connectivity index (χ4v) is 4.83. The summed E-state index contributed by atoms with van der Waals surface area (Å²) in [5.41, 5.74) is 2.49. The standard InChI is InChI=1S/C24H31N5O6/c1-28(2)29(3)24(33)35-15-6-5-13(7-15)19-10-22(27-26-19)25-23(32)14-8-16-17(9-14)21(34-4)11-20(31)18(16)12-30/h10-15,31H,5-9H2,1-4H3,(H2,25,26,27,32)/t13-,14?,15+/m0/s1. The van der Waals surface area contributed by atoms with Crippen LogP contribution in [0.2, 0.25) is 0 Å². The summed E-state index contributed by atoms with van der Waals surface area (Å²) in [4.78, 5) is 36.6. The van der Waals surface area contributed by atoms with Gasteiger partial charge in [0.15, 0.2) is 12.1 Å². The number of benzene rings is 1. The zero-order valence-corrected chi connectivity index (χ0v) is 20.3. The second-order valence-corrected chi connectivity index (χ2v) is 9.28. The van der Waals surface area contributed by atoms with Crippen molar-refractivity contribution in [3.05, 3.63) is 34.5 Å². The molecule has 4 rings (SSSR count). The van der Waals surface area contributed by atoms with Gasteiger partial charge < -0.3 is 19.9 Å². The predicted octanol–water partition coefficient (Wildman–Crippen LogP) is 2.47. The van der Waals surface area contributed by atoms with Gasteiger partial charge in [-0.2, -0.15) is 5.10 Å². The Bertz CT molecular complexity index is 1130. The molecule has 2 amide bonds. The molecule has 2 aliphatic carbocycles. The Balaban J connectivity index is 1.36. The lowest BCUT2D eigenvalue weighted by Crippen LogP contribution is -2.40. The van der Waals surface area contributed by atoms with Crippen molar-refractivity contribution in [2.24, 2.45) is 5.92 Å². The van der Waals surface area contributed by atoms with Gasteiger partial charge in [0.2, 0.25) is 5.91 Å². The largest absolute Gasteiger partial charge is 0.507 e. The molecule has 1 saturated carbocycles. The molecule has 2 aliphatic rings. The lowest BCUT2D eigenvalue weighted by molar-refractivity contribution is -0.119. The molecule has 3 atom stereocenters. The summed E-state index contributed by atoms with van der Waals surface area (Å²) in [6.07, 6.45) is 3.05. The van der Waals surface area contributed by atoms with Crippen LogP contribution in [0.3, 0.4) is 0 Å². The number of anilines is 1. The Labute approximate surface area is 203 Å². The summed E-state index contributed by atoms with van der Waals surface area (Å²) in [5.74, 6) is 0.246. The first-order chi connectivity index (χ1) is 16.7. The molecule has 2 aromatic rings. The summed E-state index contributed by atoms with van der Waals surface area (Å²) in [7, 11) is 6.68. The first-order valence-electron chi connectivity index (χ1n) is 11.6. The summed E-state index contributed by atoms with van der Waals surface area (Å²) in [6.45, 7) is 0. The highest BCUT2D eigenvalue weighted by Gasteiger charge is 2.34. The van der Waals surface area contributed by atoms with Crippen molar-refractivity contribution < 1.29 is 29.0 Å². The van der Waals surface area contributed by atoms with Gasteiger partial charge in [-0.15, -0.1) is 0 Å². The van der Waals surface area contributed by atoms with Crippen LogP contribution in [0.25, 0.3) is 0 Å². The Hall–Kier alpha value is -3.60. The number of aldehydes is 1. The minimum absolute atomic E-state index is 0.147. The fourth-order valence-electron chi connectivity index (χ4n) is 4.83. The van der Waals surface area contributed by atoms with E-state index >= 15 is 0 Å². The van der Waals surface area contributed by atoms with Gasteiger partial charge in [-0.3, -0.25) is 14.7 Å². The minimum Gasteiger partial charge on any atom is -0.507 e. The van der Waals surface area contributed by atoms with Gasteiger partial charge in [0.25, 0.3) is 0 Å². The first-order valence-corrected chi connectivity index (χ1v) is 11.6. The van der Waals surface area contributed by atoms with Gasteiger partial charge in [0.05, 0.1) is 12.7 Å². The average molecular weight is 486 g/mol. The number of aromatic nitrogens is 2. The van der Waals surface area contributed by atoms with Gasteiger partial charge in [-0.1, -0.05) is 0 Å². The van der Waals surface area contributed by atoms with Crippen molar-refractivity contribution in [3.8, 4) is 11.5 Å². The monoisotopic (exact) mass is 485 g/mol. The molecule has 1 fully saturated rings. The third-order valence-electron chi connectivity index (χ3n) is 6.95. The van der Waals surface area contributed by atoms with E-state index in [1.54, 1.807) is 26.2 Å². The highest BCUT2D eigenvalue weighted by molar-refractivity contribution is 5.94. The van der Waals surface area contributed by atoms with E-state index < -0.39 is 12.0 Å². The lowest BCUT2D eigenvalue weighted by atomic mass is 10.0. The number of aromatic amines is 1.